The summed E-state index contributed by atoms with van der Waals surface area (Å²) in [4.78, 5) is 11.7. The largest absolute Gasteiger partial charge is 0.511 e. The number of halogens is 2. The smallest absolute Gasteiger partial charge is 0.310 e. The van der Waals surface area contributed by atoms with Crippen LogP contribution in [-0.4, -0.2) is 17.7 Å². The molecule has 0 aliphatic rings. The number of aliphatic hydroxyl groups is 1. The van der Waals surface area contributed by atoms with Crippen molar-refractivity contribution in [2.45, 2.75) is 40.0 Å². The Balaban J connectivity index is 3.12. The van der Waals surface area contributed by atoms with Gasteiger partial charge in [0.1, 0.15) is 17.3 Å². The SMILES string of the molecule is CCOC(=O)Cc1ccccc1O/C(CC)=C(F)/C(Br)=C(/O)CC. The molecule has 0 aromatic heterocycles. The quantitative estimate of drug-likeness (QED) is 0.363. The molecule has 0 saturated heterocycles. The topological polar surface area (TPSA) is 55.8 Å². The van der Waals surface area contributed by atoms with Gasteiger partial charge in [-0.3, -0.25) is 4.79 Å². The van der Waals surface area contributed by atoms with Gasteiger partial charge in [0.2, 0.25) is 0 Å². The van der Waals surface area contributed by atoms with Gasteiger partial charge in [-0.15, -0.1) is 0 Å². The molecule has 24 heavy (non-hydrogen) atoms. The number of carbonyl (C=O) groups is 1. The normalized spacial score (nSPS) is 13.0. The Morgan fingerprint density at radius 3 is 2.46 bits per heavy atom. The minimum Gasteiger partial charge on any atom is -0.511 e. The lowest BCUT2D eigenvalue weighted by Gasteiger charge is -2.14. The van der Waals surface area contributed by atoms with Gasteiger partial charge in [-0.1, -0.05) is 32.0 Å². The monoisotopic (exact) mass is 400 g/mol. The Morgan fingerprint density at radius 2 is 1.88 bits per heavy atom. The van der Waals surface area contributed by atoms with Gasteiger partial charge in [0.15, 0.2) is 5.83 Å². The first-order chi connectivity index (χ1) is 11.4. The molecule has 1 aromatic rings. The maximum absolute atomic E-state index is 14.5. The molecule has 0 heterocycles. The highest BCUT2D eigenvalue weighted by molar-refractivity contribution is 9.12. The van der Waals surface area contributed by atoms with Crippen molar-refractivity contribution < 1.29 is 23.8 Å². The minimum absolute atomic E-state index is 0.0234. The molecule has 0 amide bonds. The summed E-state index contributed by atoms with van der Waals surface area (Å²) in [6, 6.07) is 6.90. The van der Waals surface area contributed by atoms with E-state index in [1.807, 2.05) is 0 Å². The van der Waals surface area contributed by atoms with Crippen LogP contribution in [0.1, 0.15) is 39.2 Å². The number of hydrogen-bond acceptors (Lipinski definition) is 4. The fraction of sp³-hybridized carbons (Fsp3) is 0.389. The van der Waals surface area contributed by atoms with Crippen molar-refractivity contribution in [3.05, 3.63) is 51.7 Å². The molecule has 0 atom stereocenters. The number of esters is 1. The molecule has 4 nitrogen and oxygen atoms in total. The van der Waals surface area contributed by atoms with Crippen LogP contribution in [-0.2, 0) is 16.0 Å². The number of benzene rings is 1. The molecule has 0 bridgehead atoms. The average Bonchev–Trinajstić information content (AvgIpc) is 2.59. The van der Waals surface area contributed by atoms with Gasteiger partial charge < -0.3 is 14.6 Å². The lowest BCUT2D eigenvalue weighted by atomic mass is 10.1. The zero-order valence-corrected chi connectivity index (χ0v) is 15.7. The van der Waals surface area contributed by atoms with Crippen molar-refractivity contribution in [1.29, 1.82) is 0 Å². The van der Waals surface area contributed by atoms with Crippen LogP contribution >= 0.6 is 15.9 Å². The first-order valence-corrected chi connectivity index (χ1v) is 8.61. The molecular formula is C18H22BrFO4. The molecule has 0 fully saturated rings. The van der Waals surface area contributed by atoms with E-state index >= 15 is 0 Å². The Labute approximate surface area is 150 Å². The van der Waals surface area contributed by atoms with Gasteiger partial charge in [-0.25, -0.2) is 4.39 Å². The number of hydrogen-bond donors (Lipinski definition) is 1. The molecule has 0 aliphatic heterocycles. The zero-order valence-electron chi connectivity index (χ0n) is 14.1. The lowest BCUT2D eigenvalue weighted by Crippen LogP contribution is -2.09. The number of aliphatic hydroxyl groups excluding tert-OH is 1. The molecule has 0 aliphatic carbocycles. The summed E-state index contributed by atoms with van der Waals surface area (Å²) < 4.78 is 25.1. The summed E-state index contributed by atoms with van der Waals surface area (Å²) >= 11 is 3.05. The maximum Gasteiger partial charge on any atom is 0.310 e. The first-order valence-electron chi connectivity index (χ1n) is 7.82. The summed E-state index contributed by atoms with van der Waals surface area (Å²) in [6.45, 7) is 5.49. The molecule has 1 rings (SSSR count). The fourth-order valence-electron chi connectivity index (χ4n) is 1.93. The summed E-state index contributed by atoms with van der Waals surface area (Å²) in [5.41, 5.74) is 0.606. The second-order valence-corrected chi connectivity index (χ2v) is 5.69. The lowest BCUT2D eigenvalue weighted by molar-refractivity contribution is -0.142. The molecule has 1 aromatic carbocycles. The summed E-state index contributed by atoms with van der Waals surface area (Å²) in [5, 5.41) is 9.68. The highest BCUT2D eigenvalue weighted by Gasteiger charge is 2.16. The second-order valence-electron chi connectivity index (χ2n) is 4.90. The van der Waals surface area contributed by atoms with Crippen LogP contribution in [0.25, 0.3) is 0 Å². The molecule has 0 unspecified atom stereocenters. The predicted molar refractivity (Wildman–Crippen MR) is 94.7 cm³/mol. The highest BCUT2D eigenvalue weighted by Crippen LogP contribution is 2.30. The van der Waals surface area contributed by atoms with E-state index < -0.39 is 5.83 Å². The van der Waals surface area contributed by atoms with E-state index in [-0.39, 0.29) is 34.8 Å². The van der Waals surface area contributed by atoms with Crippen molar-refractivity contribution in [3.8, 4) is 5.75 Å². The average molecular weight is 401 g/mol. The van der Waals surface area contributed by atoms with Crippen LogP contribution in [0.2, 0.25) is 0 Å². The Bertz CT molecular complexity index is 638. The zero-order chi connectivity index (χ0) is 18.1. The van der Waals surface area contributed by atoms with Gasteiger partial charge in [0.05, 0.1) is 17.5 Å². The van der Waals surface area contributed by atoms with E-state index in [1.54, 1.807) is 45.0 Å². The Hall–Kier alpha value is -1.82. The summed E-state index contributed by atoms with van der Waals surface area (Å²) in [6.07, 6.45) is 0.621. The fourth-order valence-corrected chi connectivity index (χ4v) is 2.43. The molecular weight excluding hydrogens is 379 g/mol. The number of ether oxygens (including phenoxy) is 2. The van der Waals surface area contributed by atoms with E-state index in [1.165, 1.54) is 0 Å². The molecule has 1 N–H and O–H groups in total. The van der Waals surface area contributed by atoms with Crippen molar-refractivity contribution in [2.75, 3.05) is 6.61 Å². The van der Waals surface area contributed by atoms with Crippen molar-refractivity contribution in [1.82, 2.24) is 0 Å². The maximum atomic E-state index is 14.5. The minimum atomic E-state index is -0.664. The number of rotatable bonds is 8. The van der Waals surface area contributed by atoms with Crippen LogP contribution in [0.5, 0.6) is 5.75 Å². The van der Waals surface area contributed by atoms with E-state index in [4.69, 9.17) is 9.47 Å². The standard InChI is InChI=1S/C18H22BrFO4/c1-4-13(21)17(19)18(20)14(5-2)24-15-10-8-7-9-12(15)11-16(22)23-6-3/h7-10,21H,4-6,11H2,1-3H3/b17-13-,18-14-. The molecule has 0 radical (unpaired) electrons. The predicted octanol–water partition coefficient (Wildman–Crippen LogP) is 5.34. The number of para-hydroxylation sites is 1. The van der Waals surface area contributed by atoms with Crippen LogP contribution in [0.15, 0.2) is 46.1 Å². The number of carbonyl (C=O) groups excluding carboxylic acids is 1. The van der Waals surface area contributed by atoms with Crippen LogP contribution < -0.4 is 4.74 Å². The van der Waals surface area contributed by atoms with E-state index in [0.717, 1.165) is 0 Å². The third-order valence-electron chi connectivity index (χ3n) is 3.19. The molecule has 6 heteroatoms. The van der Waals surface area contributed by atoms with E-state index in [9.17, 15) is 14.3 Å². The second kappa shape index (κ2) is 10.1. The van der Waals surface area contributed by atoms with Crippen LogP contribution in [0, 0.1) is 0 Å². The Kier molecular flexibility index (Phi) is 8.54. The summed E-state index contributed by atoms with van der Waals surface area (Å²) in [7, 11) is 0. The van der Waals surface area contributed by atoms with Gasteiger partial charge >= 0.3 is 5.97 Å². The van der Waals surface area contributed by atoms with Gasteiger partial charge in [0.25, 0.3) is 0 Å². The highest BCUT2D eigenvalue weighted by atomic mass is 79.9. The third-order valence-corrected chi connectivity index (χ3v) is 4.00. The Morgan fingerprint density at radius 1 is 1.21 bits per heavy atom. The van der Waals surface area contributed by atoms with Crippen molar-refractivity contribution in [3.63, 3.8) is 0 Å². The van der Waals surface area contributed by atoms with Crippen molar-refractivity contribution >= 4 is 21.9 Å². The van der Waals surface area contributed by atoms with Gasteiger partial charge in [-0.05, 0) is 28.9 Å². The molecule has 0 spiro atoms. The molecule has 0 saturated carbocycles. The first kappa shape index (κ1) is 20.2. The summed E-state index contributed by atoms with van der Waals surface area (Å²) in [5.74, 6) is -0.683. The molecule has 132 valence electrons. The number of allylic oxidation sites excluding steroid dienone is 4. The van der Waals surface area contributed by atoms with Crippen molar-refractivity contribution in [2.24, 2.45) is 0 Å². The van der Waals surface area contributed by atoms with Crippen LogP contribution in [0.4, 0.5) is 4.39 Å². The van der Waals surface area contributed by atoms with Gasteiger partial charge in [0, 0.05) is 18.4 Å². The van der Waals surface area contributed by atoms with E-state index in [2.05, 4.69) is 15.9 Å². The van der Waals surface area contributed by atoms with Gasteiger partial charge in [-0.2, -0.15) is 0 Å². The van der Waals surface area contributed by atoms with Crippen LogP contribution in [0.3, 0.4) is 0 Å². The third kappa shape index (κ3) is 5.67. The van der Waals surface area contributed by atoms with E-state index in [0.29, 0.717) is 24.3 Å².